The number of rotatable bonds is 5. The van der Waals surface area contributed by atoms with E-state index in [0.717, 1.165) is 18.8 Å². The minimum absolute atomic E-state index is 0.146. The van der Waals surface area contributed by atoms with Crippen LogP contribution >= 0.6 is 27.5 Å². The fraction of sp³-hybridized carbons (Fsp3) is 0.357. The molecule has 0 saturated carbocycles. The molecule has 0 bridgehead atoms. The van der Waals surface area contributed by atoms with Crippen molar-refractivity contribution < 1.29 is 0 Å². The Morgan fingerprint density at radius 1 is 1.43 bits per heavy atom. The van der Waals surface area contributed by atoms with Crippen molar-refractivity contribution in [1.29, 1.82) is 0 Å². The maximum atomic E-state index is 12.2. The Hall–Kier alpha value is -1.40. The highest BCUT2D eigenvalue weighted by Gasteiger charge is 2.09. The fourth-order valence-electron chi connectivity index (χ4n) is 1.77. The molecule has 0 fully saturated rings. The summed E-state index contributed by atoms with van der Waals surface area (Å²) in [5.74, 6) is 0.753. The van der Waals surface area contributed by atoms with E-state index >= 15 is 0 Å². The van der Waals surface area contributed by atoms with Gasteiger partial charge in [-0.15, -0.1) is 0 Å². The highest BCUT2D eigenvalue weighted by molar-refractivity contribution is 9.10. The number of pyridine rings is 1. The zero-order valence-electron chi connectivity index (χ0n) is 11.9. The number of nitrogens with one attached hydrogen (secondary N) is 1. The van der Waals surface area contributed by atoms with Gasteiger partial charge in [0.2, 0.25) is 0 Å². The zero-order chi connectivity index (χ0) is 15.4. The molecule has 2 aromatic heterocycles. The summed E-state index contributed by atoms with van der Waals surface area (Å²) in [7, 11) is 0. The molecule has 7 heteroatoms. The normalized spacial score (nSPS) is 10.7. The van der Waals surface area contributed by atoms with Crippen molar-refractivity contribution >= 4 is 33.3 Å². The van der Waals surface area contributed by atoms with E-state index in [-0.39, 0.29) is 12.1 Å². The SMILES string of the molecule is CCCNc1ccc(Cl)c(Cn2cnc(C)c(Br)c2=O)n1. The Kier molecular flexibility index (Phi) is 5.36. The van der Waals surface area contributed by atoms with Crippen LogP contribution < -0.4 is 10.9 Å². The lowest BCUT2D eigenvalue weighted by molar-refractivity contribution is 0.709. The number of hydrogen-bond acceptors (Lipinski definition) is 4. The van der Waals surface area contributed by atoms with Gasteiger partial charge in [0.1, 0.15) is 10.3 Å². The monoisotopic (exact) mass is 370 g/mol. The first kappa shape index (κ1) is 16.0. The summed E-state index contributed by atoms with van der Waals surface area (Å²) in [5, 5.41) is 3.73. The molecule has 0 saturated heterocycles. The maximum Gasteiger partial charge on any atom is 0.268 e. The van der Waals surface area contributed by atoms with Gasteiger partial charge in [0.15, 0.2) is 0 Å². The standard InChI is InChI=1S/C14H16BrClN4O/c1-3-6-17-12-5-4-10(16)11(19-12)7-20-8-18-9(2)13(15)14(20)21/h4-5,8H,3,6-7H2,1-2H3,(H,17,19). The average Bonchev–Trinajstić information content (AvgIpc) is 2.48. The summed E-state index contributed by atoms with van der Waals surface area (Å²) in [6, 6.07) is 3.61. The maximum absolute atomic E-state index is 12.2. The molecule has 0 aliphatic heterocycles. The third-order valence-corrected chi connectivity index (χ3v) is 4.21. The van der Waals surface area contributed by atoms with Crippen molar-refractivity contribution in [2.75, 3.05) is 11.9 Å². The van der Waals surface area contributed by atoms with Crippen molar-refractivity contribution in [3.63, 3.8) is 0 Å². The summed E-state index contributed by atoms with van der Waals surface area (Å²) in [5.41, 5.74) is 1.15. The lowest BCUT2D eigenvalue weighted by Crippen LogP contribution is -2.23. The molecular weight excluding hydrogens is 356 g/mol. The van der Waals surface area contributed by atoms with Crippen molar-refractivity contribution in [2.45, 2.75) is 26.8 Å². The summed E-state index contributed by atoms with van der Waals surface area (Å²) < 4.78 is 1.94. The second-order valence-electron chi connectivity index (χ2n) is 4.63. The topological polar surface area (TPSA) is 59.8 Å². The van der Waals surface area contributed by atoms with E-state index in [9.17, 15) is 4.79 Å². The van der Waals surface area contributed by atoms with Crippen LogP contribution in [-0.4, -0.2) is 21.1 Å². The molecule has 2 rings (SSSR count). The van der Waals surface area contributed by atoms with Crippen molar-refractivity contribution in [1.82, 2.24) is 14.5 Å². The molecule has 21 heavy (non-hydrogen) atoms. The van der Waals surface area contributed by atoms with Gasteiger partial charge in [-0.25, -0.2) is 9.97 Å². The minimum Gasteiger partial charge on any atom is -0.370 e. The van der Waals surface area contributed by atoms with E-state index < -0.39 is 0 Å². The first-order chi connectivity index (χ1) is 10.0. The average molecular weight is 372 g/mol. The van der Waals surface area contributed by atoms with Crippen molar-refractivity contribution in [2.24, 2.45) is 0 Å². The summed E-state index contributed by atoms with van der Waals surface area (Å²) in [6.07, 6.45) is 2.51. The van der Waals surface area contributed by atoms with Gasteiger partial charge in [0, 0.05) is 6.54 Å². The molecule has 2 heterocycles. The Labute approximate surface area is 136 Å². The van der Waals surface area contributed by atoms with Crippen LogP contribution in [0.15, 0.2) is 27.7 Å². The third kappa shape index (κ3) is 3.83. The number of hydrogen-bond donors (Lipinski definition) is 1. The van der Waals surface area contributed by atoms with Crippen LogP contribution in [0, 0.1) is 6.92 Å². The van der Waals surface area contributed by atoms with Crippen LogP contribution in [0.4, 0.5) is 5.82 Å². The molecule has 0 aliphatic carbocycles. The number of aromatic nitrogens is 3. The molecule has 1 N–H and O–H groups in total. The summed E-state index contributed by atoms with van der Waals surface area (Å²) in [4.78, 5) is 20.8. The predicted molar refractivity (Wildman–Crippen MR) is 88.1 cm³/mol. The van der Waals surface area contributed by atoms with Crippen molar-refractivity contribution in [3.8, 4) is 0 Å². The van der Waals surface area contributed by atoms with E-state index in [1.165, 1.54) is 10.9 Å². The summed E-state index contributed by atoms with van der Waals surface area (Å²) >= 11 is 9.41. The van der Waals surface area contributed by atoms with Crippen molar-refractivity contribution in [3.05, 3.63) is 49.7 Å². The van der Waals surface area contributed by atoms with Crippen LogP contribution in [0.3, 0.4) is 0 Å². The van der Waals surface area contributed by atoms with Gasteiger partial charge in [-0.2, -0.15) is 0 Å². The van der Waals surface area contributed by atoms with E-state index in [2.05, 4.69) is 38.1 Å². The van der Waals surface area contributed by atoms with Gasteiger partial charge in [0.05, 0.1) is 29.3 Å². The van der Waals surface area contributed by atoms with E-state index in [4.69, 9.17) is 11.6 Å². The molecule has 0 atom stereocenters. The van der Waals surface area contributed by atoms with Gasteiger partial charge in [-0.05, 0) is 41.4 Å². The first-order valence-electron chi connectivity index (χ1n) is 6.63. The minimum atomic E-state index is -0.146. The van der Waals surface area contributed by atoms with Gasteiger partial charge >= 0.3 is 0 Å². The fourth-order valence-corrected chi connectivity index (χ4v) is 2.26. The molecule has 2 aromatic rings. The van der Waals surface area contributed by atoms with Gasteiger partial charge in [0.25, 0.3) is 5.56 Å². The number of aryl methyl sites for hydroxylation is 1. The third-order valence-electron chi connectivity index (χ3n) is 2.95. The molecule has 0 amide bonds. The first-order valence-corrected chi connectivity index (χ1v) is 7.81. The van der Waals surface area contributed by atoms with E-state index in [1.54, 1.807) is 13.0 Å². The molecule has 0 aromatic carbocycles. The highest BCUT2D eigenvalue weighted by Crippen LogP contribution is 2.18. The Bertz CT molecular complexity index is 702. The zero-order valence-corrected chi connectivity index (χ0v) is 14.2. The molecular formula is C14H16BrClN4O. The number of anilines is 1. The second kappa shape index (κ2) is 7.04. The van der Waals surface area contributed by atoms with Gasteiger partial charge in [-0.3, -0.25) is 9.36 Å². The number of nitrogens with zero attached hydrogens (tertiary/aromatic N) is 3. The van der Waals surface area contributed by atoms with E-state index in [0.29, 0.717) is 20.9 Å². The quantitative estimate of drug-likeness (QED) is 0.876. The molecule has 5 nitrogen and oxygen atoms in total. The Balaban J connectivity index is 2.31. The largest absolute Gasteiger partial charge is 0.370 e. The smallest absolute Gasteiger partial charge is 0.268 e. The molecule has 0 spiro atoms. The van der Waals surface area contributed by atoms with Crippen LogP contribution in [-0.2, 0) is 6.54 Å². The number of halogens is 2. The highest BCUT2D eigenvalue weighted by atomic mass is 79.9. The molecule has 112 valence electrons. The molecule has 0 radical (unpaired) electrons. The second-order valence-corrected chi connectivity index (χ2v) is 5.83. The summed E-state index contributed by atoms with van der Waals surface area (Å²) in [6.45, 7) is 4.98. The van der Waals surface area contributed by atoms with Crippen LogP contribution in [0.5, 0.6) is 0 Å². The predicted octanol–water partition coefficient (Wildman–Crippen LogP) is 3.23. The van der Waals surface area contributed by atoms with Crippen LogP contribution in [0.2, 0.25) is 5.02 Å². The molecule has 0 aliphatic rings. The Morgan fingerprint density at radius 2 is 2.19 bits per heavy atom. The lowest BCUT2D eigenvalue weighted by atomic mass is 10.3. The Morgan fingerprint density at radius 3 is 2.90 bits per heavy atom. The molecule has 0 unspecified atom stereocenters. The van der Waals surface area contributed by atoms with Gasteiger partial charge < -0.3 is 5.32 Å². The van der Waals surface area contributed by atoms with E-state index in [1.807, 2.05) is 6.07 Å². The van der Waals surface area contributed by atoms with Crippen LogP contribution in [0.25, 0.3) is 0 Å². The van der Waals surface area contributed by atoms with Gasteiger partial charge in [-0.1, -0.05) is 18.5 Å². The van der Waals surface area contributed by atoms with Crippen LogP contribution in [0.1, 0.15) is 24.7 Å². The lowest BCUT2D eigenvalue weighted by Gasteiger charge is -2.10.